The molecule has 88 valence electrons. The zero-order valence-electron chi connectivity index (χ0n) is 9.26. The molecule has 0 bridgehead atoms. The largest absolute Gasteiger partial charge is 0.374 e. The number of anilines is 1. The Morgan fingerprint density at radius 3 is 2.75 bits per heavy atom. The van der Waals surface area contributed by atoms with Gasteiger partial charge in [0, 0.05) is 13.6 Å². The molecule has 0 unspecified atom stereocenters. The number of likely N-dealkylation sites (N-methyl/N-ethyl adjacent to an activating group) is 1. The molecular formula is C11H14F2N2O. The van der Waals surface area contributed by atoms with E-state index >= 15 is 0 Å². The van der Waals surface area contributed by atoms with Gasteiger partial charge in [0.2, 0.25) is 5.91 Å². The normalized spacial score (nSPS) is 10.0. The Morgan fingerprint density at radius 2 is 2.12 bits per heavy atom. The minimum atomic E-state index is -0.576. The third kappa shape index (κ3) is 3.18. The van der Waals surface area contributed by atoms with E-state index in [1.165, 1.54) is 4.90 Å². The number of hydrogen-bond donors (Lipinski definition) is 1. The molecule has 0 radical (unpaired) electrons. The summed E-state index contributed by atoms with van der Waals surface area (Å²) in [5.41, 5.74) is -0.00199. The average molecular weight is 228 g/mol. The van der Waals surface area contributed by atoms with E-state index in [0.717, 1.165) is 18.2 Å². The second-order valence-electron chi connectivity index (χ2n) is 3.39. The van der Waals surface area contributed by atoms with Gasteiger partial charge in [0.25, 0.3) is 0 Å². The summed E-state index contributed by atoms with van der Waals surface area (Å²) in [6.45, 7) is 2.36. The number of halogens is 2. The fourth-order valence-electron chi connectivity index (χ4n) is 1.12. The summed E-state index contributed by atoms with van der Waals surface area (Å²) in [7, 11) is 1.64. The Bertz CT molecular complexity index is 382. The lowest BCUT2D eigenvalue weighted by atomic mass is 10.3. The van der Waals surface area contributed by atoms with Crippen LogP contribution >= 0.6 is 0 Å². The van der Waals surface area contributed by atoms with Crippen LogP contribution in [0.25, 0.3) is 0 Å². The lowest BCUT2D eigenvalue weighted by Crippen LogP contribution is -2.32. The van der Waals surface area contributed by atoms with Gasteiger partial charge in [-0.1, -0.05) is 0 Å². The molecule has 1 aromatic carbocycles. The SMILES string of the molecule is CCN(C)C(=O)CNc1cc(F)ccc1F. The molecule has 0 saturated heterocycles. The quantitative estimate of drug-likeness (QED) is 0.853. The van der Waals surface area contributed by atoms with Gasteiger partial charge < -0.3 is 10.2 Å². The fraction of sp³-hybridized carbons (Fsp3) is 0.364. The van der Waals surface area contributed by atoms with Gasteiger partial charge in [0.05, 0.1) is 12.2 Å². The summed E-state index contributed by atoms with van der Waals surface area (Å²) in [4.78, 5) is 12.9. The Balaban J connectivity index is 2.61. The van der Waals surface area contributed by atoms with Crippen LogP contribution in [0, 0.1) is 11.6 Å². The standard InChI is InChI=1S/C11H14F2N2O/c1-3-15(2)11(16)7-14-10-6-8(12)4-5-9(10)13/h4-6,14H,3,7H2,1-2H3. The van der Waals surface area contributed by atoms with E-state index in [4.69, 9.17) is 0 Å². The first kappa shape index (κ1) is 12.4. The summed E-state index contributed by atoms with van der Waals surface area (Å²) in [6, 6.07) is 3.07. The molecule has 16 heavy (non-hydrogen) atoms. The molecule has 1 rings (SSSR count). The smallest absolute Gasteiger partial charge is 0.241 e. The Morgan fingerprint density at radius 1 is 1.44 bits per heavy atom. The van der Waals surface area contributed by atoms with Crippen LogP contribution in [-0.4, -0.2) is 30.9 Å². The minimum absolute atomic E-state index is 0.00199. The molecule has 0 aliphatic heterocycles. The van der Waals surface area contributed by atoms with Crippen LogP contribution in [0.5, 0.6) is 0 Å². The summed E-state index contributed by atoms with van der Waals surface area (Å²) in [5.74, 6) is -1.29. The Hall–Kier alpha value is -1.65. The maximum atomic E-state index is 13.1. The monoisotopic (exact) mass is 228 g/mol. The van der Waals surface area contributed by atoms with Gasteiger partial charge in [0.1, 0.15) is 11.6 Å². The van der Waals surface area contributed by atoms with E-state index < -0.39 is 11.6 Å². The molecule has 1 amide bonds. The summed E-state index contributed by atoms with van der Waals surface area (Å²) in [6.07, 6.45) is 0. The van der Waals surface area contributed by atoms with E-state index in [-0.39, 0.29) is 18.1 Å². The van der Waals surface area contributed by atoms with Crippen LogP contribution in [0.2, 0.25) is 0 Å². The highest BCUT2D eigenvalue weighted by atomic mass is 19.1. The first-order valence-corrected chi connectivity index (χ1v) is 4.97. The van der Waals surface area contributed by atoms with Crippen molar-refractivity contribution in [3.05, 3.63) is 29.8 Å². The van der Waals surface area contributed by atoms with Gasteiger partial charge in [-0.25, -0.2) is 8.78 Å². The maximum Gasteiger partial charge on any atom is 0.241 e. The number of rotatable bonds is 4. The number of amides is 1. The molecule has 0 spiro atoms. The van der Waals surface area contributed by atoms with Gasteiger partial charge in [-0.15, -0.1) is 0 Å². The summed E-state index contributed by atoms with van der Waals surface area (Å²) in [5, 5.41) is 2.56. The molecule has 1 aromatic rings. The lowest BCUT2D eigenvalue weighted by Gasteiger charge is -2.15. The maximum absolute atomic E-state index is 13.1. The molecular weight excluding hydrogens is 214 g/mol. The molecule has 0 atom stereocenters. The van der Waals surface area contributed by atoms with Crippen LogP contribution in [-0.2, 0) is 4.79 Å². The van der Waals surface area contributed by atoms with E-state index in [2.05, 4.69) is 5.32 Å². The van der Waals surface area contributed by atoms with Crippen molar-refractivity contribution in [2.45, 2.75) is 6.92 Å². The van der Waals surface area contributed by atoms with Crippen LogP contribution in [0.3, 0.4) is 0 Å². The topological polar surface area (TPSA) is 32.3 Å². The molecule has 0 fully saturated rings. The van der Waals surface area contributed by atoms with E-state index in [0.29, 0.717) is 6.54 Å². The van der Waals surface area contributed by atoms with Gasteiger partial charge >= 0.3 is 0 Å². The van der Waals surface area contributed by atoms with Crippen molar-refractivity contribution in [3.63, 3.8) is 0 Å². The van der Waals surface area contributed by atoms with Crippen LogP contribution < -0.4 is 5.32 Å². The molecule has 0 aliphatic carbocycles. The van der Waals surface area contributed by atoms with E-state index in [1.807, 2.05) is 6.92 Å². The van der Waals surface area contributed by atoms with E-state index in [9.17, 15) is 13.6 Å². The molecule has 1 N–H and O–H groups in total. The molecule has 5 heteroatoms. The van der Waals surface area contributed by atoms with Crippen molar-refractivity contribution in [2.24, 2.45) is 0 Å². The van der Waals surface area contributed by atoms with Crippen molar-refractivity contribution in [1.29, 1.82) is 0 Å². The van der Waals surface area contributed by atoms with Crippen molar-refractivity contribution in [2.75, 3.05) is 25.5 Å². The molecule has 0 saturated carbocycles. The first-order chi connectivity index (χ1) is 7.54. The zero-order chi connectivity index (χ0) is 12.1. The summed E-state index contributed by atoms with van der Waals surface area (Å²) < 4.78 is 25.9. The van der Waals surface area contributed by atoms with Gasteiger partial charge in [-0.2, -0.15) is 0 Å². The third-order valence-corrected chi connectivity index (χ3v) is 2.26. The first-order valence-electron chi connectivity index (χ1n) is 4.97. The number of benzene rings is 1. The Labute approximate surface area is 93.1 Å². The molecule has 0 aromatic heterocycles. The minimum Gasteiger partial charge on any atom is -0.374 e. The molecule has 3 nitrogen and oxygen atoms in total. The highest BCUT2D eigenvalue weighted by Gasteiger charge is 2.08. The lowest BCUT2D eigenvalue weighted by molar-refractivity contribution is -0.127. The highest BCUT2D eigenvalue weighted by Crippen LogP contribution is 2.14. The van der Waals surface area contributed by atoms with Crippen LogP contribution in [0.15, 0.2) is 18.2 Å². The fourth-order valence-corrected chi connectivity index (χ4v) is 1.12. The van der Waals surface area contributed by atoms with E-state index in [1.54, 1.807) is 7.05 Å². The molecule has 0 aliphatic rings. The average Bonchev–Trinajstić information content (AvgIpc) is 2.28. The van der Waals surface area contributed by atoms with Gasteiger partial charge in [-0.3, -0.25) is 4.79 Å². The third-order valence-electron chi connectivity index (χ3n) is 2.26. The van der Waals surface area contributed by atoms with Gasteiger partial charge in [0.15, 0.2) is 0 Å². The zero-order valence-corrected chi connectivity index (χ0v) is 9.26. The van der Waals surface area contributed by atoms with Crippen molar-refractivity contribution in [3.8, 4) is 0 Å². The van der Waals surface area contributed by atoms with Gasteiger partial charge in [-0.05, 0) is 25.1 Å². The number of nitrogens with one attached hydrogen (secondary N) is 1. The van der Waals surface area contributed by atoms with Crippen molar-refractivity contribution >= 4 is 11.6 Å². The number of carbonyl (C=O) groups excluding carboxylic acids is 1. The predicted molar refractivity (Wildman–Crippen MR) is 58.2 cm³/mol. The number of hydrogen-bond acceptors (Lipinski definition) is 2. The van der Waals surface area contributed by atoms with Crippen molar-refractivity contribution < 1.29 is 13.6 Å². The second kappa shape index (κ2) is 5.44. The second-order valence-corrected chi connectivity index (χ2v) is 3.39. The number of nitrogens with zero attached hydrogens (tertiary/aromatic N) is 1. The summed E-state index contributed by atoms with van der Waals surface area (Å²) >= 11 is 0. The van der Waals surface area contributed by atoms with Crippen molar-refractivity contribution in [1.82, 2.24) is 4.90 Å². The molecule has 0 heterocycles. The number of carbonyl (C=O) groups is 1. The van der Waals surface area contributed by atoms with Crippen LogP contribution in [0.4, 0.5) is 14.5 Å². The van der Waals surface area contributed by atoms with Crippen LogP contribution in [0.1, 0.15) is 6.92 Å². The Kier molecular flexibility index (Phi) is 4.22. The highest BCUT2D eigenvalue weighted by molar-refractivity contribution is 5.80. The predicted octanol–water partition coefficient (Wildman–Crippen LogP) is 1.85.